The maximum atomic E-state index is 13.1. The molecule has 4 rings (SSSR count). The van der Waals surface area contributed by atoms with E-state index in [9.17, 15) is 9.18 Å². The molecule has 158 valence electrons. The molecule has 2 aromatic carbocycles. The highest BCUT2D eigenvalue weighted by molar-refractivity contribution is 9.10. The largest absolute Gasteiger partial charge is 0.350 e. The zero-order valence-corrected chi connectivity index (χ0v) is 18.6. The summed E-state index contributed by atoms with van der Waals surface area (Å²) >= 11 is 3.46. The summed E-state index contributed by atoms with van der Waals surface area (Å²) in [7, 11) is 0. The van der Waals surface area contributed by atoms with Gasteiger partial charge in [0.25, 0.3) is 0 Å². The van der Waals surface area contributed by atoms with Crippen LogP contribution >= 0.6 is 15.9 Å². The molecular weight excluding hydrogens is 459 g/mol. The maximum Gasteiger partial charge on any atom is 0.220 e. The van der Waals surface area contributed by atoms with Crippen molar-refractivity contribution in [2.45, 2.75) is 32.4 Å². The molecule has 0 saturated heterocycles. The summed E-state index contributed by atoms with van der Waals surface area (Å²) in [4.78, 5) is 21.8. The van der Waals surface area contributed by atoms with Gasteiger partial charge in [-0.15, -0.1) is 0 Å². The van der Waals surface area contributed by atoms with Crippen molar-refractivity contribution in [3.63, 3.8) is 0 Å². The third-order valence-electron chi connectivity index (χ3n) is 5.16. The minimum atomic E-state index is -0.291. The number of hydrogen-bond donors (Lipinski definition) is 1. The van der Waals surface area contributed by atoms with Crippen LogP contribution in [0.15, 0.2) is 71.3 Å². The molecule has 4 aromatic rings. The smallest absolute Gasteiger partial charge is 0.220 e. The number of carbonyl (C=O) groups is 1. The second-order valence-corrected chi connectivity index (χ2v) is 8.34. The van der Waals surface area contributed by atoms with Gasteiger partial charge in [0.2, 0.25) is 5.91 Å². The fraction of sp³-hybridized carbons (Fsp3) is 0.208. The lowest BCUT2D eigenvalue weighted by Gasteiger charge is -2.14. The summed E-state index contributed by atoms with van der Waals surface area (Å²) < 4.78 is 16.2. The average Bonchev–Trinajstić information content (AvgIpc) is 3.11. The lowest BCUT2D eigenvalue weighted by atomic mass is 10.1. The Balaban J connectivity index is 1.48. The molecule has 0 spiro atoms. The van der Waals surface area contributed by atoms with Gasteiger partial charge in [-0.3, -0.25) is 4.79 Å². The molecule has 1 N–H and O–H groups in total. The van der Waals surface area contributed by atoms with E-state index in [-0.39, 0.29) is 17.8 Å². The molecule has 0 aliphatic carbocycles. The van der Waals surface area contributed by atoms with E-state index >= 15 is 0 Å². The van der Waals surface area contributed by atoms with E-state index in [4.69, 9.17) is 4.98 Å². The summed E-state index contributed by atoms with van der Waals surface area (Å²) in [6, 6.07) is 17.9. The number of nitrogens with zero attached hydrogens (tertiary/aromatic N) is 3. The Hall–Kier alpha value is -3.06. The normalized spacial score (nSPS) is 12.1. The fourth-order valence-corrected chi connectivity index (χ4v) is 3.77. The van der Waals surface area contributed by atoms with Crippen LogP contribution in [0.4, 0.5) is 4.39 Å². The van der Waals surface area contributed by atoms with Gasteiger partial charge in [-0.25, -0.2) is 14.4 Å². The van der Waals surface area contributed by atoms with Crippen LogP contribution in [0.2, 0.25) is 0 Å². The van der Waals surface area contributed by atoms with Crippen LogP contribution in [0.25, 0.3) is 11.2 Å². The molecule has 0 aliphatic rings. The zero-order valence-electron chi connectivity index (χ0n) is 17.1. The molecule has 2 heterocycles. The Kier molecular flexibility index (Phi) is 6.42. The van der Waals surface area contributed by atoms with Gasteiger partial charge in [-0.05, 0) is 54.4 Å². The molecule has 1 unspecified atom stereocenters. The first-order valence-electron chi connectivity index (χ1n) is 10.1. The standard InChI is InChI=1S/C24H22BrFN4O/c1-16(18-6-10-20(26)11-7-18)28-23(31)13-12-22-29-21-3-2-14-27-24(21)30(22)15-17-4-8-19(25)9-5-17/h2-11,14,16H,12-13,15H2,1H3,(H,28,31). The van der Waals surface area contributed by atoms with Crippen molar-refractivity contribution in [2.75, 3.05) is 0 Å². The van der Waals surface area contributed by atoms with Crippen molar-refractivity contribution in [3.05, 3.63) is 94.1 Å². The minimum Gasteiger partial charge on any atom is -0.350 e. The monoisotopic (exact) mass is 480 g/mol. The summed E-state index contributed by atoms with van der Waals surface area (Å²) in [6.07, 6.45) is 2.55. The number of imidazole rings is 1. The number of hydrogen-bond acceptors (Lipinski definition) is 3. The van der Waals surface area contributed by atoms with E-state index in [1.165, 1.54) is 12.1 Å². The van der Waals surface area contributed by atoms with E-state index in [1.54, 1.807) is 18.3 Å². The number of aromatic nitrogens is 3. The summed E-state index contributed by atoms with van der Waals surface area (Å²) in [6.45, 7) is 2.52. The van der Waals surface area contributed by atoms with E-state index < -0.39 is 0 Å². The fourth-order valence-electron chi connectivity index (χ4n) is 3.51. The number of amides is 1. The first-order chi connectivity index (χ1) is 15.0. The molecule has 5 nitrogen and oxygen atoms in total. The molecule has 1 atom stereocenters. The van der Waals surface area contributed by atoms with Crippen LogP contribution in [0.5, 0.6) is 0 Å². The van der Waals surface area contributed by atoms with E-state index in [1.807, 2.05) is 31.2 Å². The van der Waals surface area contributed by atoms with Crippen LogP contribution in [0.1, 0.15) is 36.3 Å². The summed E-state index contributed by atoms with van der Waals surface area (Å²) in [5.74, 6) is 0.453. The number of carbonyl (C=O) groups excluding carboxylic acids is 1. The van der Waals surface area contributed by atoms with Crippen LogP contribution in [-0.2, 0) is 17.8 Å². The molecule has 0 fully saturated rings. The highest BCUT2D eigenvalue weighted by Gasteiger charge is 2.15. The number of fused-ring (bicyclic) bond motifs is 1. The van der Waals surface area contributed by atoms with Crippen LogP contribution in [0.3, 0.4) is 0 Å². The second-order valence-electron chi connectivity index (χ2n) is 7.43. The first-order valence-corrected chi connectivity index (χ1v) is 10.9. The van der Waals surface area contributed by atoms with Crippen LogP contribution in [-0.4, -0.2) is 20.4 Å². The molecule has 1 amide bonds. The first kappa shape index (κ1) is 21.2. The Morgan fingerprint density at radius 3 is 2.61 bits per heavy atom. The highest BCUT2D eigenvalue weighted by atomic mass is 79.9. The Morgan fingerprint density at radius 1 is 1.13 bits per heavy atom. The number of benzene rings is 2. The Bertz CT molecular complexity index is 1190. The lowest BCUT2D eigenvalue weighted by Crippen LogP contribution is -2.27. The zero-order chi connectivity index (χ0) is 21.8. The van der Waals surface area contributed by atoms with Crippen molar-refractivity contribution in [3.8, 4) is 0 Å². The number of rotatable bonds is 7. The molecule has 0 bridgehead atoms. The van der Waals surface area contributed by atoms with Gasteiger partial charge in [0.05, 0.1) is 12.6 Å². The van der Waals surface area contributed by atoms with Crippen LogP contribution < -0.4 is 5.32 Å². The lowest BCUT2D eigenvalue weighted by molar-refractivity contribution is -0.121. The Labute approximate surface area is 188 Å². The van der Waals surface area contributed by atoms with Gasteiger partial charge in [-0.1, -0.05) is 40.2 Å². The SMILES string of the molecule is CC(NC(=O)CCc1nc2cccnc2n1Cc1ccc(Br)cc1)c1ccc(F)cc1. The van der Waals surface area contributed by atoms with Crippen molar-refractivity contribution in [1.29, 1.82) is 0 Å². The van der Waals surface area contributed by atoms with Gasteiger partial charge < -0.3 is 9.88 Å². The Morgan fingerprint density at radius 2 is 1.87 bits per heavy atom. The second kappa shape index (κ2) is 9.39. The van der Waals surface area contributed by atoms with E-state index in [2.05, 4.69) is 42.9 Å². The minimum absolute atomic E-state index is 0.0768. The number of pyridine rings is 1. The maximum absolute atomic E-state index is 13.1. The predicted octanol–water partition coefficient (Wildman–Crippen LogP) is 5.19. The van der Waals surface area contributed by atoms with E-state index in [0.717, 1.165) is 32.6 Å². The molecule has 0 radical (unpaired) electrons. The van der Waals surface area contributed by atoms with Gasteiger partial charge in [0, 0.05) is 23.5 Å². The van der Waals surface area contributed by atoms with Gasteiger partial charge in [0.1, 0.15) is 17.2 Å². The number of nitrogens with one attached hydrogen (secondary N) is 1. The molecule has 31 heavy (non-hydrogen) atoms. The van der Waals surface area contributed by atoms with Crippen molar-refractivity contribution in [2.24, 2.45) is 0 Å². The summed E-state index contributed by atoms with van der Waals surface area (Å²) in [5, 5.41) is 2.98. The number of halogens is 2. The molecule has 0 aliphatic heterocycles. The molecule has 0 saturated carbocycles. The third-order valence-corrected chi connectivity index (χ3v) is 5.69. The number of aryl methyl sites for hydroxylation is 1. The molecule has 2 aromatic heterocycles. The summed E-state index contributed by atoms with van der Waals surface area (Å²) in [5.41, 5.74) is 3.61. The predicted molar refractivity (Wildman–Crippen MR) is 122 cm³/mol. The van der Waals surface area contributed by atoms with Gasteiger partial charge in [-0.2, -0.15) is 0 Å². The van der Waals surface area contributed by atoms with Crippen molar-refractivity contribution < 1.29 is 9.18 Å². The van der Waals surface area contributed by atoms with Crippen LogP contribution in [0, 0.1) is 5.82 Å². The molecular formula is C24H22BrFN4O. The highest BCUT2D eigenvalue weighted by Crippen LogP contribution is 2.19. The average molecular weight is 481 g/mol. The van der Waals surface area contributed by atoms with E-state index in [0.29, 0.717) is 19.4 Å². The topological polar surface area (TPSA) is 59.8 Å². The quantitative estimate of drug-likeness (QED) is 0.395. The van der Waals surface area contributed by atoms with Gasteiger partial charge >= 0.3 is 0 Å². The van der Waals surface area contributed by atoms with Gasteiger partial charge in [0.15, 0.2) is 5.65 Å². The van der Waals surface area contributed by atoms with Crippen molar-refractivity contribution in [1.82, 2.24) is 19.9 Å². The third kappa shape index (κ3) is 5.17. The molecule has 7 heteroatoms. The van der Waals surface area contributed by atoms with Crippen molar-refractivity contribution >= 4 is 33.0 Å².